The van der Waals surface area contributed by atoms with Gasteiger partial charge in [-0.3, -0.25) is 4.90 Å². The van der Waals surface area contributed by atoms with Crippen LogP contribution in [-0.4, -0.2) is 34.7 Å². The van der Waals surface area contributed by atoms with Crippen LogP contribution in [-0.2, 0) is 6.42 Å². The molecular weight excluding hydrogens is 248 g/mol. The van der Waals surface area contributed by atoms with E-state index in [4.69, 9.17) is 0 Å². The van der Waals surface area contributed by atoms with Gasteiger partial charge in [0, 0.05) is 12.0 Å². The van der Waals surface area contributed by atoms with Crippen LogP contribution in [0.15, 0.2) is 18.2 Å². The van der Waals surface area contributed by atoms with Crippen LogP contribution >= 0.6 is 0 Å². The first-order chi connectivity index (χ1) is 8.82. The molecule has 1 atom stereocenters. The summed E-state index contributed by atoms with van der Waals surface area (Å²) in [5, 5.41) is 10.3. The Morgan fingerprint density at radius 1 is 1.21 bits per heavy atom. The van der Waals surface area contributed by atoms with Crippen molar-refractivity contribution >= 4 is 0 Å². The molecule has 0 aliphatic rings. The molecule has 0 saturated carbocycles. The van der Waals surface area contributed by atoms with Crippen molar-refractivity contribution in [2.24, 2.45) is 0 Å². The summed E-state index contributed by atoms with van der Waals surface area (Å²) < 4.78 is 26.7. The van der Waals surface area contributed by atoms with Crippen molar-refractivity contribution < 1.29 is 13.9 Å². The smallest absolute Gasteiger partial charge is 0.126 e. The number of aliphatic hydroxyl groups is 1. The summed E-state index contributed by atoms with van der Waals surface area (Å²) in [5.74, 6) is -0.958. The summed E-state index contributed by atoms with van der Waals surface area (Å²) in [6, 6.07) is 3.33. The normalized spacial score (nSPS) is 13.9. The molecule has 0 heterocycles. The third-order valence-electron chi connectivity index (χ3n) is 3.81. The monoisotopic (exact) mass is 271 g/mol. The van der Waals surface area contributed by atoms with E-state index in [1.807, 2.05) is 27.7 Å². The number of aliphatic hydroxyl groups excluding tert-OH is 1. The van der Waals surface area contributed by atoms with E-state index in [9.17, 15) is 13.9 Å². The van der Waals surface area contributed by atoms with Crippen molar-refractivity contribution in [1.29, 1.82) is 0 Å². The maximum Gasteiger partial charge on any atom is 0.126 e. The molecule has 19 heavy (non-hydrogen) atoms. The van der Waals surface area contributed by atoms with Gasteiger partial charge >= 0.3 is 0 Å². The van der Waals surface area contributed by atoms with E-state index in [1.54, 1.807) is 0 Å². The summed E-state index contributed by atoms with van der Waals surface area (Å²) in [5.41, 5.74) is -0.268. The van der Waals surface area contributed by atoms with Crippen LogP contribution in [0.1, 0.15) is 33.3 Å². The van der Waals surface area contributed by atoms with Gasteiger partial charge in [0.05, 0.1) is 6.10 Å². The van der Waals surface area contributed by atoms with E-state index < -0.39 is 23.3 Å². The number of rotatable bonds is 6. The molecule has 108 valence electrons. The highest BCUT2D eigenvalue weighted by atomic mass is 19.1. The second kappa shape index (κ2) is 6.44. The van der Waals surface area contributed by atoms with Gasteiger partial charge in [-0.1, -0.05) is 13.8 Å². The first kappa shape index (κ1) is 16.1. The molecule has 1 unspecified atom stereocenters. The lowest BCUT2D eigenvalue weighted by Crippen LogP contribution is -2.53. The number of halogens is 2. The maximum atomic E-state index is 13.6. The molecule has 0 saturated heterocycles. The molecule has 2 nitrogen and oxygen atoms in total. The van der Waals surface area contributed by atoms with Crippen molar-refractivity contribution in [2.45, 2.75) is 45.8 Å². The first-order valence-corrected chi connectivity index (χ1v) is 6.69. The largest absolute Gasteiger partial charge is 0.391 e. The summed E-state index contributed by atoms with van der Waals surface area (Å²) in [6.45, 7) is 9.46. The molecule has 0 bridgehead atoms. The first-order valence-electron chi connectivity index (χ1n) is 6.69. The molecular formula is C15H23F2NO. The van der Waals surface area contributed by atoms with Crippen molar-refractivity contribution in [3.8, 4) is 0 Å². The molecule has 0 aliphatic heterocycles. The van der Waals surface area contributed by atoms with Gasteiger partial charge in [-0.15, -0.1) is 0 Å². The van der Waals surface area contributed by atoms with Crippen LogP contribution < -0.4 is 0 Å². The Morgan fingerprint density at radius 3 is 2.32 bits per heavy atom. The fourth-order valence-corrected chi connectivity index (χ4v) is 2.41. The molecule has 0 aliphatic carbocycles. The predicted molar refractivity (Wildman–Crippen MR) is 73.1 cm³/mol. The minimum atomic E-state index is -0.760. The third-order valence-corrected chi connectivity index (χ3v) is 3.81. The Bertz CT molecular complexity index is 417. The Kier molecular flexibility index (Phi) is 5.44. The van der Waals surface area contributed by atoms with Gasteiger partial charge in [0.2, 0.25) is 0 Å². The molecule has 0 amide bonds. The van der Waals surface area contributed by atoms with Crippen LogP contribution in [0, 0.1) is 11.6 Å². The van der Waals surface area contributed by atoms with Gasteiger partial charge in [0.15, 0.2) is 0 Å². The number of nitrogens with zero attached hydrogens (tertiary/aromatic N) is 1. The lowest BCUT2D eigenvalue weighted by Gasteiger charge is -2.41. The van der Waals surface area contributed by atoms with E-state index in [2.05, 4.69) is 4.90 Å². The van der Waals surface area contributed by atoms with Gasteiger partial charge in [0.25, 0.3) is 0 Å². The standard InChI is InChI=1S/C15H23F2NO/c1-5-18(6-2)15(3,4)14(19)10-11-9-12(16)7-8-13(11)17/h7-9,14,19H,5-6,10H2,1-4H3. The summed E-state index contributed by atoms with van der Waals surface area (Å²) in [4.78, 5) is 2.11. The van der Waals surface area contributed by atoms with E-state index in [0.29, 0.717) is 0 Å². The highest BCUT2D eigenvalue weighted by Crippen LogP contribution is 2.23. The molecule has 0 aromatic heterocycles. The van der Waals surface area contributed by atoms with Gasteiger partial charge in [-0.2, -0.15) is 0 Å². The molecule has 0 fully saturated rings. The molecule has 4 heteroatoms. The second-order valence-electron chi connectivity index (χ2n) is 5.28. The molecule has 1 aromatic carbocycles. The van der Waals surface area contributed by atoms with Gasteiger partial charge < -0.3 is 5.11 Å². The van der Waals surface area contributed by atoms with E-state index in [-0.39, 0.29) is 12.0 Å². The van der Waals surface area contributed by atoms with Gasteiger partial charge in [-0.25, -0.2) is 8.78 Å². The zero-order valence-corrected chi connectivity index (χ0v) is 12.1. The fourth-order valence-electron chi connectivity index (χ4n) is 2.41. The average molecular weight is 271 g/mol. The maximum absolute atomic E-state index is 13.6. The Hall–Kier alpha value is -1.00. The number of hydrogen-bond donors (Lipinski definition) is 1. The Labute approximate surface area is 114 Å². The van der Waals surface area contributed by atoms with E-state index in [0.717, 1.165) is 31.3 Å². The number of hydrogen-bond acceptors (Lipinski definition) is 2. The summed E-state index contributed by atoms with van der Waals surface area (Å²) >= 11 is 0. The van der Waals surface area contributed by atoms with E-state index >= 15 is 0 Å². The fraction of sp³-hybridized carbons (Fsp3) is 0.600. The van der Waals surface area contributed by atoms with Crippen LogP contribution in [0.5, 0.6) is 0 Å². The average Bonchev–Trinajstić information content (AvgIpc) is 2.35. The summed E-state index contributed by atoms with van der Waals surface area (Å²) in [6.07, 6.45) is -0.656. The number of likely N-dealkylation sites (N-methyl/N-ethyl adjacent to an activating group) is 1. The highest BCUT2D eigenvalue weighted by Gasteiger charge is 2.33. The highest BCUT2D eigenvalue weighted by molar-refractivity contribution is 5.20. The van der Waals surface area contributed by atoms with Crippen molar-refractivity contribution in [3.05, 3.63) is 35.4 Å². The summed E-state index contributed by atoms with van der Waals surface area (Å²) in [7, 11) is 0. The number of benzene rings is 1. The predicted octanol–water partition coefficient (Wildman–Crippen LogP) is 2.99. The zero-order chi connectivity index (χ0) is 14.6. The lowest BCUT2D eigenvalue weighted by molar-refractivity contribution is -0.00457. The quantitative estimate of drug-likeness (QED) is 0.860. The minimum Gasteiger partial charge on any atom is -0.391 e. The van der Waals surface area contributed by atoms with Crippen LogP contribution in [0.2, 0.25) is 0 Å². The Morgan fingerprint density at radius 2 is 1.79 bits per heavy atom. The van der Waals surface area contributed by atoms with Crippen molar-refractivity contribution in [3.63, 3.8) is 0 Å². The molecule has 1 aromatic rings. The van der Waals surface area contributed by atoms with Crippen molar-refractivity contribution in [2.75, 3.05) is 13.1 Å². The van der Waals surface area contributed by atoms with E-state index in [1.165, 1.54) is 0 Å². The van der Waals surface area contributed by atoms with Gasteiger partial charge in [0.1, 0.15) is 11.6 Å². The molecule has 1 N–H and O–H groups in total. The molecule has 0 radical (unpaired) electrons. The second-order valence-corrected chi connectivity index (χ2v) is 5.28. The topological polar surface area (TPSA) is 23.5 Å². The van der Waals surface area contributed by atoms with Crippen LogP contribution in [0.25, 0.3) is 0 Å². The zero-order valence-electron chi connectivity index (χ0n) is 12.1. The third kappa shape index (κ3) is 3.74. The van der Waals surface area contributed by atoms with Gasteiger partial charge in [-0.05, 0) is 50.7 Å². The lowest BCUT2D eigenvalue weighted by atomic mass is 9.89. The molecule has 0 spiro atoms. The van der Waals surface area contributed by atoms with Crippen molar-refractivity contribution in [1.82, 2.24) is 4.90 Å². The minimum absolute atomic E-state index is 0.104. The van der Waals surface area contributed by atoms with Crippen LogP contribution in [0.4, 0.5) is 8.78 Å². The Balaban J connectivity index is 2.89. The molecule has 1 rings (SSSR count). The van der Waals surface area contributed by atoms with Crippen LogP contribution in [0.3, 0.4) is 0 Å². The SMILES string of the molecule is CCN(CC)C(C)(C)C(O)Cc1cc(F)ccc1F.